The number of nitrogens with one attached hydrogen (secondary N) is 1. The largest absolute Gasteiger partial charge is 0.316 e. The van der Waals surface area contributed by atoms with Gasteiger partial charge in [-0.05, 0) is 48.0 Å². The van der Waals surface area contributed by atoms with Crippen LogP contribution in [0.15, 0.2) is 20.1 Å². The van der Waals surface area contributed by atoms with Crippen LogP contribution in [0.2, 0.25) is 0 Å². The van der Waals surface area contributed by atoms with Crippen LogP contribution in [0.25, 0.3) is 0 Å². The van der Waals surface area contributed by atoms with Gasteiger partial charge in [0.15, 0.2) is 0 Å². The van der Waals surface area contributed by atoms with Crippen LogP contribution in [0.4, 0.5) is 0 Å². The lowest BCUT2D eigenvalue weighted by atomic mass is 10.1. The van der Waals surface area contributed by atoms with Gasteiger partial charge in [-0.3, -0.25) is 0 Å². The second-order valence-corrected chi connectivity index (χ2v) is 8.68. The van der Waals surface area contributed by atoms with Crippen LogP contribution in [-0.2, 0) is 10.0 Å². The highest BCUT2D eigenvalue weighted by molar-refractivity contribution is 9.11. The fourth-order valence-electron chi connectivity index (χ4n) is 1.96. The smallest absolute Gasteiger partial charge is 0.252 e. The van der Waals surface area contributed by atoms with Gasteiger partial charge in [-0.2, -0.15) is 4.31 Å². The predicted octanol–water partition coefficient (Wildman–Crippen LogP) is 1.88. The SMILES string of the molecule is CNC1CCCN(S(=O)(=O)c2ccc(Br)s2)C1. The molecule has 1 saturated heterocycles. The summed E-state index contributed by atoms with van der Waals surface area (Å²) in [6.45, 7) is 1.18. The summed E-state index contributed by atoms with van der Waals surface area (Å²) in [4.78, 5) is 0. The maximum Gasteiger partial charge on any atom is 0.252 e. The van der Waals surface area contributed by atoms with Crippen molar-refractivity contribution in [1.29, 1.82) is 0 Å². The highest BCUT2D eigenvalue weighted by Crippen LogP contribution is 2.29. The molecule has 7 heteroatoms. The van der Waals surface area contributed by atoms with Crippen molar-refractivity contribution >= 4 is 37.3 Å². The van der Waals surface area contributed by atoms with Crippen LogP contribution in [0.3, 0.4) is 0 Å². The van der Waals surface area contributed by atoms with Crippen molar-refractivity contribution in [3.8, 4) is 0 Å². The lowest BCUT2D eigenvalue weighted by molar-refractivity contribution is 0.293. The highest BCUT2D eigenvalue weighted by Gasteiger charge is 2.30. The molecule has 1 unspecified atom stereocenters. The van der Waals surface area contributed by atoms with Gasteiger partial charge in [0.2, 0.25) is 0 Å². The molecule has 0 aliphatic carbocycles. The van der Waals surface area contributed by atoms with Crippen molar-refractivity contribution in [1.82, 2.24) is 9.62 Å². The summed E-state index contributed by atoms with van der Waals surface area (Å²) >= 11 is 4.56. The Morgan fingerprint density at radius 3 is 2.88 bits per heavy atom. The molecule has 2 rings (SSSR count). The number of nitrogens with zero attached hydrogens (tertiary/aromatic N) is 1. The predicted molar refractivity (Wildman–Crippen MR) is 72.9 cm³/mol. The highest BCUT2D eigenvalue weighted by atomic mass is 79.9. The van der Waals surface area contributed by atoms with Crippen molar-refractivity contribution in [2.24, 2.45) is 0 Å². The molecule has 17 heavy (non-hydrogen) atoms. The average Bonchev–Trinajstić information content (AvgIpc) is 2.76. The van der Waals surface area contributed by atoms with Gasteiger partial charge in [0, 0.05) is 19.1 Å². The second kappa shape index (κ2) is 5.36. The molecule has 1 fully saturated rings. The molecule has 4 nitrogen and oxygen atoms in total. The van der Waals surface area contributed by atoms with Crippen molar-refractivity contribution in [3.05, 3.63) is 15.9 Å². The van der Waals surface area contributed by atoms with Crippen LogP contribution in [0, 0.1) is 0 Å². The monoisotopic (exact) mass is 338 g/mol. The quantitative estimate of drug-likeness (QED) is 0.915. The van der Waals surface area contributed by atoms with Gasteiger partial charge in [0.25, 0.3) is 10.0 Å². The minimum absolute atomic E-state index is 0.266. The average molecular weight is 339 g/mol. The van der Waals surface area contributed by atoms with Gasteiger partial charge in [-0.1, -0.05) is 0 Å². The molecule has 0 bridgehead atoms. The topological polar surface area (TPSA) is 49.4 Å². The summed E-state index contributed by atoms with van der Waals surface area (Å²) < 4.78 is 27.5. The van der Waals surface area contributed by atoms with E-state index in [2.05, 4.69) is 21.2 Å². The van der Waals surface area contributed by atoms with Gasteiger partial charge in [-0.25, -0.2) is 8.42 Å². The molecule has 2 heterocycles. The van der Waals surface area contributed by atoms with E-state index in [4.69, 9.17) is 0 Å². The van der Waals surface area contributed by atoms with Gasteiger partial charge in [0.1, 0.15) is 4.21 Å². The Hall–Kier alpha value is 0.0500. The number of likely N-dealkylation sites (N-methyl/N-ethyl adjacent to an activating group) is 1. The van der Waals surface area contributed by atoms with E-state index in [0.717, 1.165) is 16.6 Å². The molecule has 1 aliphatic rings. The van der Waals surface area contributed by atoms with Crippen LogP contribution in [-0.4, -0.2) is 38.9 Å². The van der Waals surface area contributed by atoms with Crippen molar-refractivity contribution in [2.75, 3.05) is 20.1 Å². The van der Waals surface area contributed by atoms with Crippen LogP contribution in [0.5, 0.6) is 0 Å². The maximum atomic E-state index is 12.3. The molecule has 1 aromatic heterocycles. The van der Waals surface area contributed by atoms with E-state index in [1.807, 2.05) is 7.05 Å². The Balaban J connectivity index is 2.21. The number of hydrogen-bond donors (Lipinski definition) is 1. The molecule has 96 valence electrons. The first-order valence-electron chi connectivity index (χ1n) is 5.47. The second-order valence-electron chi connectivity index (χ2n) is 4.05. The van der Waals surface area contributed by atoms with Gasteiger partial charge in [-0.15, -0.1) is 11.3 Å². The summed E-state index contributed by atoms with van der Waals surface area (Å²) in [6.07, 6.45) is 1.95. The number of halogens is 1. The third kappa shape index (κ3) is 2.90. The zero-order valence-corrected chi connectivity index (χ0v) is 12.7. The summed E-state index contributed by atoms with van der Waals surface area (Å²) in [5.41, 5.74) is 0. The van der Waals surface area contributed by atoms with Crippen LogP contribution in [0.1, 0.15) is 12.8 Å². The van der Waals surface area contributed by atoms with Crippen LogP contribution < -0.4 is 5.32 Å². The Bertz CT molecular complexity index is 486. The molecule has 0 aromatic carbocycles. The van der Waals surface area contributed by atoms with Gasteiger partial charge in [0.05, 0.1) is 3.79 Å². The van der Waals surface area contributed by atoms with E-state index < -0.39 is 10.0 Å². The fourth-order valence-corrected chi connectivity index (χ4v) is 5.65. The van der Waals surface area contributed by atoms with E-state index in [-0.39, 0.29) is 6.04 Å². The summed E-state index contributed by atoms with van der Waals surface area (Å²) in [5.74, 6) is 0. The minimum atomic E-state index is -3.30. The Kier molecular flexibility index (Phi) is 4.25. The van der Waals surface area contributed by atoms with Crippen molar-refractivity contribution < 1.29 is 8.42 Å². The Morgan fingerprint density at radius 1 is 1.53 bits per heavy atom. The van der Waals surface area contributed by atoms with Crippen molar-refractivity contribution in [2.45, 2.75) is 23.1 Å². The summed E-state index contributed by atoms with van der Waals surface area (Å²) in [7, 11) is -1.42. The Labute approximate surface area is 114 Å². The number of hydrogen-bond acceptors (Lipinski definition) is 4. The maximum absolute atomic E-state index is 12.3. The summed E-state index contributed by atoms with van der Waals surface area (Å²) in [5, 5.41) is 3.15. The zero-order valence-electron chi connectivity index (χ0n) is 9.52. The molecule has 0 spiro atoms. The van der Waals surface area contributed by atoms with Crippen LogP contribution >= 0.6 is 27.3 Å². The molecule has 0 amide bonds. The van der Waals surface area contributed by atoms with E-state index in [1.54, 1.807) is 16.4 Å². The molecular formula is C10H15BrN2O2S2. The first-order chi connectivity index (χ1) is 8.04. The standard InChI is InChI=1S/C10H15BrN2O2S2/c1-12-8-3-2-6-13(7-8)17(14,15)10-5-4-9(11)16-10/h4-5,8,12H,2-3,6-7H2,1H3. The van der Waals surface area contributed by atoms with E-state index in [0.29, 0.717) is 17.3 Å². The Morgan fingerprint density at radius 2 is 2.29 bits per heavy atom. The molecule has 0 saturated carbocycles. The summed E-state index contributed by atoms with van der Waals surface area (Å²) in [6, 6.07) is 3.70. The molecule has 1 aromatic rings. The fraction of sp³-hybridized carbons (Fsp3) is 0.600. The number of piperidine rings is 1. The molecule has 1 aliphatic heterocycles. The third-order valence-corrected chi connectivity index (χ3v) is 6.89. The normalized spacial score (nSPS) is 22.8. The first-order valence-corrected chi connectivity index (χ1v) is 8.52. The number of thiophene rings is 1. The van der Waals surface area contributed by atoms with E-state index in [1.165, 1.54) is 11.3 Å². The molecule has 1 N–H and O–H groups in total. The third-order valence-electron chi connectivity index (χ3n) is 2.94. The molecular weight excluding hydrogens is 324 g/mol. The van der Waals surface area contributed by atoms with Gasteiger partial charge < -0.3 is 5.32 Å². The van der Waals surface area contributed by atoms with E-state index >= 15 is 0 Å². The number of sulfonamides is 1. The first kappa shape index (κ1) is 13.5. The molecule has 1 atom stereocenters. The lowest BCUT2D eigenvalue weighted by Crippen LogP contribution is -2.46. The lowest BCUT2D eigenvalue weighted by Gasteiger charge is -2.31. The molecule has 0 radical (unpaired) electrons. The van der Waals surface area contributed by atoms with E-state index in [9.17, 15) is 8.42 Å². The zero-order chi connectivity index (χ0) is 12.5. The van der Waals surface area contributed by atoms with Gasteiger partial charge >= 0.3 is 0 Å². The number of rotatable bonds is 3. The minimum Gasteiger partial charge on any atom is -0.316 e. The van der Waals surface area contributed by atoms with Crippen molar-refractivity contribution in [3.63, 3.8) is 0 Å².